The number of nitrogens with two attached hydrogens (primary N) is 1. The normalized spacial score (nSPS) is 12.2. The number of guanidine groups is 1. The zero-order valence-corrected chi connectivity index (χ0v) is 17.6. The maximum absolute atomic E-state index is 11.8. The number of carbonyl (C=O) groups excluding carboxylic acids is 1. The highest BCUT2D eigenvalue weighted by molar-refractivity contribution is 14.0. The summed E-state index contributed by atoms with van der Waals surface area (Å²) >= 11 is 0. The smallest absolute Gasteiger partial charge is 0.408 e. The van der Waals surface area contributed by atoms with Gasteiger partial charge in [-0.15, -0.1) is 24.0 Å². The van der Waals surface area contributed by atoms with E-state index in [1.807, 2.05) is 65.8 Å². The first-order chi connectivity index (χ1) is 10.5. The van der Waals surface area contributed by atoms with E-state index in [1.165, 1.54) is 5.56 Å². The summed E-state index contributed by atoms with van der Waals surface area (Å²) in [6, 6.07) is 7.84. The predicted octanol–water partition coefficient (Wildman–Crippen LogP) is 3.64. The van der Waals surface area contributed by atoms with Crippen LogP contribution in [0.4, 0.5) is 10.5 Å². The van der Waals surface area contributed by atoms with Crippen LogP contribution in [0.3, 0.4) is 0 Å². The topological polar surface area (TPSA) is 88.7 Å². The largest absolute Gasteiger partial charge is 0.444 e. The van der Waals surface area contributed by atoms with E-state index in [2.05, 4.69) is 15.6 Å². The molecule has 0 spiro atoms. The fourth-order valence-electron chi connectivity index (χ4n) is 1.73. The third kappa shape index (κ3) is 9.59. The number of alkyl carbamates (subject to hydrolysis) is 1. The third-order valence-electron chi connectivity index (χ3n) is 2.81. The van der Waals surface area contributed by atoms with Gasteiger partial charge in [0.2, 0.25) is 0 Å². The molecule has 0 fully saturated rings. The molecular weight excluding hydrogens is 419 g/mol. The summed E-state index contributed by atoms with van der Waals surface area (Å²) in [5, 5.41) is 5.80. The second-order valence-electron chi connectivity index (χ2n) is 7.20. The molecule has 4 N–H and O–H groups in total. The number of ether oxygens (including phenoxy) is 1. The molecule has 0 saturated heterocycles. The van der Waals surface area contributed by atoms with E-state index in [1.54, 1.807) is 0 Å². The van der Waals surface area contributed by atoms with Gasteiger partial charge in [0.1, 0.15) is 5.60 Å². The monoisotopic (exact) mass is 448 g/mol. The highest BCUT2D eigenvalue weighted by Gasteiger charge is 2.24. The first kappa shape index (κ1) is 22.5. The van der Waals surface area contributed by atoms with E-state index in [0.29, 0.717) is 12.5 Å². The van der Waals surface area contributed by atoms with Gasteiger partial charge in [0, 0.05) is 5.69 Å². The maximum Gasteiger partial charge on any atom is 0.408 e. The predicted molar refractivity (Wildman–Crippen MR) is 110 cm³/mol. The van der Waals surface area contributed by atoms with Gasteiger partial charge in [-0.2, -0.15) is 0 Å². The average Bonchev–Trinajstić information content (AvgIpc) is 2.36. The molecule has 136 valence electrons. The number of nitrogens with zero attached hydrogens (tertiary/aromatic N) is 1. The summed E-state index contributed by atoms with van der Waals surface area (Å²) in [4.78, 5) is 16.1. The minimum absolute atomic E-state index is 0. The Hall–Kier alpha value is -1.51. The minimum Gasteiger partial charge on any atom is -0.444 e. The van der Waals surface area contributed by atoms with Crippen molar-refractivity contribution in [3.05, 3.63) is 29.8 Å². The molecule has 0 radical (unpaired) electrons. The molecular formula is C17H29IN4O2. The second kappa shape index (κ2) is 9.10. The Kier molecular flexibility index (Phi) is 8.53. The Bertz CT molecular complexity index is 563. The van der Waals surface area contributed by atoms with Gasteiger partial charge in [-0.05, 0) is 53.7 Å². The first-order valence-electron chi connectivity index (χ1n) is 7.62. The van der Waals surface area contributed by atoms with Crippen LogP contribution in [0, 0.1) is 6.92 Å². The minimum atomic E-state index is -0.568. The second-order valence-corrected chi connectivity index (χ2v) is 7.20. The zero-order valence-electron chi connectivity index (χ0n) is 15.3. The Balaban J connectivity index is 0.00000529. The van der Waals surface area contributed by atoms with E-state index in [9.17, 15) is 4.79 Å². The van der Waals surface area contributed by atoms with Crippen molar-refractivity contribution < 1.29 is 9.53 Å². The number of benzene rings is 1. The Labute approximate surface area is 161 Å². The molecule has 1 amide bonds. The van der Waals surface area contributed by atoms with Crippen LogP contribution in [-0.4, -0.2) is 29.7 Å². The van der Waals surface area contributed by atoms with Gasteiger partial charge in [-0.25, -0.2) is 4.79 Å². The number of hydrogen-bond acceptors (Lipinski definition) is 3. The Morgan fingerprint density at radius 2 is 1.71 bits per heavy atom. The molecule has 1 aromatic carbocycles. The molecule has 0 saturated carbocycles. The maximum atomic E-state index is 11.8. The fourth-order valence-corrected chi connectivity index (χ4v) is 1.73. The molecule has 1 rings (SSSR count). The molecule has 0 heterocycles. The van der Waals surface area contributed by atoms with Gasteiger partial charge in [0.25, 0.3) is 0 Å². The molecule has 0 unspecified atom stereocenters. The fraction of sp³-hybridized carbons (Fsp3) is 0.529. The van der Waals surface area contributed by atoms with Gasteiger partial charge >= 0.3 is 6.09 Å². The lowest BCUT2D eigenvalue weighted by Crippen LogP contribution is -2.48. The lowest BCUT2D eigenvalue weighted by atomic mass is 10.1. The molecule has 24 heavy (non-hydrogen) atoms. The van der Waals surface area contributed by atoms with E-state index < -0.39 is 17.2 Å². The van der Waals surface area contributed by atoms with E-state index >= 15 is 0 Å². The highest BCUT2D eigenvalue weighted by Crippen LogP contribution is 2.11. The van der Waals surface area contributed by atoms with Crippen molar-refractivity contribution in [2.45, 2.75) is 52.7 Å². The molecule has 7 heteroatoms. The Morgan fingerprint density at radius 1 is 1.17 bits per heavy atom. The first-order valence-corrected chi connectivity index (χ1v) is 7.62. The van der Waals surface area contributed by atoms with E-state index in [4.69, 9.17) is 10.5 Å². The standard InChI is InChI=1S/C17H28N4O2.HI/c1-12-7-9-13(10-8-12)20-14(18)19-11-17(5,6)21-15(22)23-16(2,3)4;/h7-10H,11H2,1-6H3,(H,21,22)(H3,18,19,20);1H. The van der Waals surface area contributed by atoms with Gasteiger partial charge in [-0.3, -0.25) is 4.99 Å². The van der Waals surface area contributed by atoms with Crippen LogP contribution in [0.2, 0.25) is 0 Å². The van der Waals surface area contributed by atoms with Crippen molar-refractivity contribution in [1.29, 1.82) is 0 Å². The summed E-state index contributed by atoms with van der Waals surface area (Å²) in [6.07, 6.45) is -0.470. The highest BCUT2D eigenvalue weighted by atomic mass is 127. The van der Waals surface area contributed by atoms with Crippen LogP contribution in [-0.2, 0) is 4.74 Å². The summed E-state index contributed by atoms with van der Waals surface area (Å²) in [5.41, 5.74) is 6.82. The molecule has 0 bridgehead atoms. The van der Waals surface area contributed by atoms with Gasteiger partial charge in [0.15, 0.2) is 5.96 Å². The molecule has 1 aromatic rings. The van der Waals surface area contributed by atoms with Crippen LogP contribution >= 0.6 is 24.0 Å². The summed E-state index contributed by atoms with van der Waals surface area (Å²) < 4.78 is 5.24. The molecule has 0 aliphatic rings. The van der Waals surface area contributed by atoms with Crippen molar-refractivity contribution in [3.63, 3.8) is 0 Å². The molecule has 0 aliphatic heterocycles. The number of carbonyl (C=O) groups is 1. The van der Waals surface area contributed by atoms with Crippen molar-refractivity contribution in [2.75, 3.05) is 11.9 Å². The van der Waals surface area contributed by atoms with E-state index in [-0.39, 0.29) is 24.0 Å². The van der Waals surface area contributed by atoms with Crippen molar-refractivity contribution in [3.8, 4) is 0 Å². The van der Waals surface area contributed by atoms with E-state index in [0.717, 1.165) is 5.69 Å². The molecule has 0 atom stereocenters. The molecule has 0 aromatic heterocycles. The van der Waals surface area contributed by atoms with Crippen molar-refractivity contribution >= 4 is 41.7 Å². The summed E-state index contributed by atoms with van der Waals surface area (Å²) in [6.45, 7) is 11.5. The number of anilines is 1. The van der Waals surface area contributed by atoms with Gasteiger partial charge < -0.3 is 21.1 Å². The molecule has 0 aliphatic carbocycles. The summed E-state index contributed by atoms with van der Waals surface area (Å²) in [7, 11) is 0. The molecule has 6 nitrogen and oxygen atoms in total. The summed E-state index contributed by atoms with van der Waals surface area (Å²) in [5.74, 6) is 0.299. The number of rotatable bonds is 4. The quantitative estimate of drug-likeness (QED) is 0.373. The van der Waals surface area contributed by atoms with Gasteiger partial charge in [0.05, 0.1) is 12.1 Å². The van der Waals surface area contributed by atoms with Crippen molar-refractivity contribution in [2.24, 2.45) is 10.7 Å². The van der Waals surface area contributed by atoms with Crippen LogP contribution in [0.25, 0.3) is 0 Å². The van der Waals surface area contributed by atoms with Crippen LogP contribution in [0.15, 0.2) is 29.3 Å². The Morgan fingerprint density at radius 3 is 2.21 bits per heavy atom. The lowest BCUT2D eigenvalue weighted by Gasteiger charge is -2.27. The zero-order chi connectivity index (χ0) is 17.7. The van der Waals surface area contributed by atoms with Crippen molar-refractivity contribution in [1.82, 2.24) is 5.32 Å². The van der Waals surface area contributed by atoms with Crippen LogP contribution in [0.5, 0.6) is 0 Å². The third-order valence-corrected chi connectivity index (χ3v) is 2.81. The number of hydrogen-bond donors (Lipinski definition) is 3. The number of aliphatic imine (C=N–C) groups is 1. The lowest BCUT2D eigenvalue weighted by molar-refractivity contribution is 0.0476. The number of nitrogens with one attached hydrogen (secondary N) is 2. The van der Waals surface area contributed by atoms with Gasteiger partial charge in [-0.1, -0.05) is 17.7 Å². The number of amides is 1. The van der Waals surface area contributed by atoms with Crippen LogP contribution in [0.1, 0.15) is 40.2 Å². The SMILES string of the molecule is Cc1ccc(NC(N)=NCC(C)(C)NC(=O)OC(C)(C)C)cc1.I. The number of halogens is 1. The average molecular weight is 448 g/mol. The van der Waals surface area contributed by atoms with Crippen LogP contribution < -0.4 is 16.4 Å². The number of aryl methyl sites for hydroxylation is 1.